The van der Waals surface area contributed by atoms with E-state index in [1.165, 1.54) is 10.9 Å². The standard InChI is InChI=1S/C22H30N4O3/c1-23-22(29)20-12-17(27)14-26(20)16-8-10-25(11-9-16)21(28)7-6-15-13-24-19-5-3-2-4-18(15)19/h2-5,13,16-17,20,24,27H,6-12,14H2,1H3,(H,23,29)/t17-,20+/m1/s1. The minimum absolute atomic E-state index is 0.0289. The maximum atomic E-state index is 12.7. The number of benzene rings is 1. The Hall–Kier alpha value is -2.38. The molecule has 2 atom stereocenters. The Morgan fingerprint density at radius 1 is 1.24 bits per heavy atom. The Morgan fingerprint density at radius 2 is 2.00 bits per heavy atom. The van der Waals surface area contributed by atoms with Gasteiger partial charge in [0, 0.05) is 56.2 Å². The van der Waals surface area contributed by atoms with Gasteiger partial charge in [-0.1, -0.05) is 18.2 Å². The van der Waals surface area contributed by atoms with Crippen LogP contribution in [0.25, 0.3) is 10.9 Å². The molecule has 7 nitrogen and oxygen atoms in total. The molecule has 2 aliphatic rings. The predicted molar refractivity (Wildman–Crippen MR) is 111 cm³/mol. The summed E-state index contributed by atoms with van der Waals surface area (Å²) in [7, 11) is 1.64. The smallest absolute Gasteiger partial charge is 0.237 e. The van der Waals surface area contributed by atoms with Gasteiger partial charge in [0.05, 0.1) is 12.1 Å². The molecule has 3 heterocycles. The van der Waals surface area contributed by atoms with Crippen molar-refractivity contribution < 1.29 is 14.7 Å². The van der Waals surface area contributed by atoms with Gasteiger partial charge in [-0.05, 0) is 37.3 Å². The minimum Gasteiger partial charge on any atom is -0.392 e. The second-order valence-corrected chi connectivity index (χ2v) is 8.19. The van der Waals surface area contributed by atoms with Crippen LogP contribution in [0, 0.1) is 0 Å². The summed E-state index contributed by atoms with van der Waals surface area (Å²) in [6, 6.07) is 8.15. The number of rotatable bonds is 5. The van der Waals surface area contributed by atoms with E-state index in [1.54, 1.807) is 7.05 Å². The number of aliphatic hydroxyl groups is 1. The number of nitrogens with one attached hydrogen (secondary N) is 2. The average Bonchev–Trinajstić information content (AvgIpc) is 3.35. The van der Waals surface area contributed by atoms with Gasteiger partial charge < -0.3 is 20.3 Å². The van der Waals surface area contributed by atoms with Gasteiger partial charge in [0.15, 0.2) is 0 Å². The number of hydrogen-bond acceptors (Lipinski definition) is 4. The van der Waals surface area contributed by atoms with Crippen molar-refractivity contribution >= 4 is 22.7 Å². The normalized spacial score (nSPS) is 23.6. The SMILES string of the molecule is CNC(=O)[C@@H]1C[C@@H](O)CN1C1CCN(C(=O)CCc2c[nH]c3ccccc23)CC1. The van der Waals surface area contributed by atoms with E-state index in [0.717, 1.165) is 24.8 Å². The van der Waals surface area contributed by atoms with Crippen LogP contribution in [-0.4, -0.2) is 76.6 Å². The van der Waals surface area contributed by atoms with E-state index >= 15 is 0 Å². The van der Waals surface area contributed by atoms with Crippen molar-refractivity contribution in [1.29, 1.82) is 0 Å². The van der Waals surface area contributed by atoms with Crippen LogP contribution in [0.1, 0.15) is 31.2 Å². The quantitative estimate of drug-likeness (QED) is 0.708. The van der Waals surface area contributed by atoms with E-state index < -0.39 is 6.10 Å². The number of likely N-dealkylation sites (N-methyl/N-ethyl adjacent to an activating group) is 1. The molecule has 1 aromatic heterocycles. The largest absolute Gasteiger partial charge is 0.392 e. The lowest BCUT2D eigenvalue weighted by atomic mass is 10.0. The van der Waals surface area contributed by atoms with Crippen LogP contribution in [-0.2, 0) is 16.0 Å². The molecule has 7 heteroatoms. The molecule has 156 valence electrons. The monoisotopic (exact) mass is 398 g/mol. The Bertz CT molecular complexity index is 872. The molecule has 1 aromatic carbocycles. The van der Waals surface area contributed by atoms with Gasteiger partial charge in [-0.3, -0.25) is 14.5 Å². The molecule has 0 unspecified atom stereocenters. The number of carbonyl (C=O) groups is 2. The summed E-state index contributed by atoms with van der Waals surface area (Å²) in [5, 5.41) is 13.9. The van der Waals surface area contributed by atoms with Gasteiger partial charge in [0.1, 0.15) is 0 Å². The number of β-amino-alcohol motifs (C(OH)–C–C–N with tert-alkyl or cyclic N) is 1. The van der Waals surface area contributed by atoms with Gasteiger partial charge in [-0.25, -0.2) is 0 Å². The average molecular weight is 399 g/mol. The van der Waals surface area contributed by atoms with Crippen molar-refractivity contribution in [1.82, 2.24) is 20.1 Å². The Morgan fingerprint density at radius 3 is 2.76 bits per heavy atom. The lowest BCUT2D eigenvalue weighted by Crippen LogP contribution is -2.51. The highest BCUT2D eigenvalue weighted by molar-refractivity contribution is 5.84. The van der Waals surface area contributed by atoms with Crippen molar-refractivity contribution in [3.05, 3.63) is 36.0 Å². The van der Waals surface area contributed by atoms with Gasteiger partial charge >= 0.3 is 0 Å². The number of aromatic amines is 1. The van der Waals surface area contributed by atoms with E-state index in [0.29, 0.717) is 32.5 Å². The molecule has 0 spiro atoms. The first-order valence-electron chi connectivity index (χ1n) is 10.5. The second-order valence-electron chi connectivity index (χ2n) is 8.19. The van der Waals surface area contributed by atoms with E-state index in [1.807, 2.05) is 29.3 Å². The summed E-state index contributed by atoms with van der Waals surface area (Å²) in [5.74, 6) is 0.164. The minimum atomic E-state index is -0.451. The Labute approximate surface area is 171 Å². The van der Waals surface area contributed by atoms with E-state index in [4.69, 9.17) is 0 Å². The number of amides is 2. The van der Waals surface area contributed by atoms with Crippen molar-refractivity contribution in [3.63, 3.8) is 0 Å². The summed E-state index contributed by atoms with van der Waals surface area (Å²) in [4.78, 5) is 32.2. The van der Waals surface area contributed by atoms with Gasteiger partial charge in [0.25, 0.3) is 0 Å². The highest BCUT2D eigenvalue weighted by Crippen LogP contribution is 2.27. The zero-order valence-electron chi connectivity index (χ0n) is 16.9. The molecular weight excluding hydrogens is 368 g/mol. The lowest BCUT2D eigenvalue weighted by molar-refractivity contribution is -0.133. The molecule has 0 bridgehead atoms. The molecule has 2 aromatic rings. The van der Waals surface area contributed by atoms with E-state index in [-0.39, 0.29) is 23.9 Å². The molecule has 29 heavy (non-hydrogen) atoms. The number of nitrogens with zero attached hydrogens (tertiary/aromatic N) is 2. The van der Waals surface area contributed by atoms with Crippen LogP contribution in [0.15, 0.2) is 30.5 Å². The predicted octanol–water partition coefficient (Wildman–Crippen LogP) is 1.27. The van der Waals surface area contributed by atoms with Crippen molar-refractivity contribution in [2.24, 2.45) is 0 Å². The third-order valence-electron chi connectivity index (χ3n) is 6.44. The van der Waals surface area contributed by atoms with Crippen molar-refractivity contribution in [3.8, 4) is 0 Å². The number of piperidine rings is 1. The molecule has 2 aliphatic heterocycles. The number of hydrogen-bond donors (Lipinski definition) is 3. The number of fused-ring (bicyclic) bond motifs is 1. The first-order valence-corrected chi connectivity index (χ1v) is 10.5. The summed E-state index contributed by atoms with van der Waals surface area (Å²) in [6.07, 6.45) is 4.98. The number of para-hydroxylation sites is 1. The molecule has 2 amide bonds. The van der Waals surface area contributed by atoms with Crippen LogP contribution >= 0.6 is 0 Å². The summed E-state index contributed by atoms with van der Waals surface area (Å²) in [6.45, 7) is 1.96. The van der Waals surface area contributed by atoms with E-state index in [2.05, 4.69) is 21.3 Å². The highest BCUT2D eigenvalue weighted by Gasteiger charge is 2.40. The van der Waals surface area contributed by atoms with Crippen LogP contribution in [0.4, 0.5) is 0 Å². The summed E-state index contributed by atoms with van der Waals surface area (Å²) in [5.41, 5.74) is 2.29. The van der Waals surface area contributed by atoms with Crippen molar-refractivity contribution in [2.75, 3.05) is 26.7 Å². The fourth-order valence-corrected chi connectivity index (χ4v) is 4.85. The number of carbonyl (C=O) groups excluding carboxylic acids is 2. The molecule has 3 N–H and O–H groups in total. The lowest BCUT2D eigenvalue weighted by Gasteiger charge is -2.38. The van der Waals surface area contributed by atoms with Crippen LogP contribution in [0.5, 0.6) is 0 Å². The Kier molecular flexibility index (Phi) is 5.87. The second kappa shape index (κ2) is 8.55. The van der Waals surface area contributed by atoms with E-state index in [9.17, 15) is 14.7 Å². The van der Waals surface area contributed by atoms with Gasteiger partial charge in [-0.2, -0.15) is 0 Å². The highest BCUT2D eigenvalue weighted by atomic mass is 16.3. The fourth-order valence-electron chi connectivity index (χ4n) is 4.85. The number of likely N-dealkylation sites (tertiary alicyclic amines) is 2. The molecule has 2 fully saturated rings. The van der Waals surface area contributed by atoms with Crippen LogP contribution in [0.2, 0.25) is 0 Å². The van der Waals surface area contributed by atoms with Crippen LogP contribution in [0.3, 0.4) is 0 Å². The number of aliphatic hydroxyl groups excluding tert-OH is 1. The zero-order valence-corrected chi connectivity index (χ0v) is 16.9. The van der Waals surface area contributed by atoms with Gasteiger partial charge in [0.2, 0.25) is 11.8 Å². The third-order valence-corrected chi connectivity index (χ3v) is 6.44. The topological polar surface area (TPSA) is 88.7 Å². The molecular formula is C22H30N4O3. The first kappa shape index (κ1) is 19.9. The van der Waals surface area contributed by atoms with Crippen LogP contribution < -0.4 is 5.32 Å². The number of H-pyrrole nitrogens is 1. The fraction of sp³-hybridized carbons (Fsp3) is 0.545. The molecule has 0 radical (unpaired) electrons. The maximum absolute atomic E-state index is 12.7. The summed E-state index contributed by atoms with van der Waals surface area (Å²) >= 11 is 0. The maximum Gasteiger partial charge on any atom is 0.237 e. The zero-order chi connectivity index (χ0) is 20.4. The molecule has 0 saturated carbocycles. The number of aromatic nitrogens is 1. The third kappa shape index (κ3) is 4.16. The number of aryl methyl sites for hydroxylation is 1. The molecule has 0 aliphatic carbocycles. The molecule has 2 saturated heterocycles. The summed E-state index contributed by atoms with van der Waals surface area (Å²) < 4.78 is 0. The molecule has 4 rings (SSSR count). The van der Waals surface area contributed by atoms with Gasteiger partial charge in [-0.15, -0.1) is 0 Å². The van der Waals surface area contributed by atoms with Crippen molar-refractivity contribution in [2.45, 2.75) is 50.3 Å². The first-order chi connectivity index (χ1) is 14.1. The Balaban J connectivity index is 1.30.